The number of aliphatic hydroxyl groups is 1. The number of hydrogen-bond donors (Lipinski definition) is 2. The van der Waals surface area contributed by atoms with Crippen LogP contribution >= 0.6 is 0 Å². The Balaban J connectivity index is 1.64. The van der Waals surface area contributed by atoms with E-state index in [1.807, 2.05) is 0 Å². The van der Waals surface area contributed by atoms with Gasteiger partial charge in [-0.3, -0.25) is 4.79 Å². The number of carbonyl (C=O) groups is 1. The smallest absolute Gasteiger partial charge is 0.387 e. The van der Waals surface area contributed by atoms with Gasteiger partial charge in [0, 0.05) is 12.8 Å². The number of amides is 1. The Hall–Kier alpha value is -1.87. The summed E-state index contributed by atoms with van der Waals surface area (Å²) in [6.07, 6.45) is -0.0635. The largest absolute Gasteiger partial charge is 0.435 e. The first kappa shape index (κ1) is 19.9. The van der Waals surface area contributed by atoms with Crippen LogP contribution in [0.2, 0.25) is 0 Å². The number of rotatable bonds is 9. The topological polar surface area (TPSA) is 67.8 Å². The van der Waals surface area contributed by atoms with E-state index < -0.39 is 49.3 Å². The van der Waals surface area contributed by atoms with Gasteiger partial charge >= 0.3 is 6.61 Å². The second-order valence-electron chi connectivity index (χ2n) is 7.21. The molecule has 0 unspecified atom stereocenters. The number of nitrogens with one attached hydrogen (secondary N) is 1. The molecule has 0 spiro atoms. The van der Waals surface area contributed by atoms with Crippen LogP contribution in [0, 0.1) is 0 Å². The lowest BCUT2D eigenvalue weighted by atomic mass is 9.74. The number of ether oxygens (including phenoxy) is 2. The predicted molar refractivity (Wildman–Crippen MR) is 86.7 cm³/mol. The molecule has 2 saturated carbocycles. The zero-order chi connectivity index (χ0) is 19.7. The molecule has 5 nitrogen and oxygen atoms in total. The second kappa shape index (κ2) is 7.63. The van der Waals surface area contributed by atoms with Gasteiger partial charge in [-0.25, -0.2) is 8.78 Å². The number of halogens is 4. The van der Waals surface area contributed by atoms with Crippen molar-refractivity contribution in [2.45, 2.75) is 62.4 Å². The minimum Gasteiger partial charge on any atom is -0.435 e. The molecule has 1 amide bonds. The Labute approximate surface area is 153 Å². The molecule has 0 aromatic heterocycles. The monoisotopic (exact) mass is 391 g/mol. The van der Waals surface area contributed by atoms with Gasteiger partial charge in [-0.05, 0) is 30.5 Å². The van der Waals surface area contributed by atoms with Gasteiger partial charge in [0.15, 0.2) is 0 Å². The average Bonchev–Trinajstić information content (AvgIpc) is 3.32. The van der Waals surface area contributed by atoms with Crippen molar-refractivity contribution >= 4 is 5.91 Å². The van der Waals surface area contributed by atoms with Crippen molar-refractivity contribution in [1.29, 1.82) is 0 Å². The van der Waals surface area contributed by atoms with E-state index in [4.69, 9.17) is 4.74 Å². The summed E-state index contributed by atoms with van der Waals surface area (Å²) in [5.41, 5.74) is -1.25. The molecule has 150 valence electrons. The van der Waals surface area contributed by atoms with Crippen LogP contribution in [0.25, 0.3) is 0 Å². The van der Waals surface area contributed by atoms with E-state index in [0.29, 0.717) is 5.56 Å². The molecule has 1 aromatic rings. The Morgan fingerprint density at radius 2 is 2.00 bits per heavy atom. The van der Waals surface area contributed by atoms with Gasteiger partial charge in [-0.1, -0.05) is 12.1 Å². The lowest BCUT2D eigenvalue weighted by molar-refractivity contribution is -0.207. The molecule has 0 radical (unpaired) electrons. The SMILES string of the molecule is O=C(CC1(O)CC(F)(F)C1)N[C@@H](COC1CC1)c1cccc(OC(F)F)c1. The van der Waals surface area contributed by atoms with E-state index in [-0.39, 0.29) is 18.5 Å². The van der Waals surface area contributed by atoms with Crippen LogP contribution in [0.5, 0.6) is 5.75 Å². The molecular weight excluding hydrogens is 370 g/mol. The molecular formula is C18H21F4NO4. The first-order valence-corrected chi connectivity index (χ1v) is 8.70. The number of alkyl halides is 4. The molecule has 0 saturated heterocycles. The third-order valence-electron chi connectivity index (χ3n) is 4.51. The van der Waals surface area contributed by atoms with Crippen molar-refractivity contribution in [2.75, 3.05) is 6.61 Å². The number of hydrogen-bond acceptors (Lipinski definition) is 4. The van der Waals surface area contributed by atoms with Crippen molar-refractivity contribution in [2.24, 2.45) is 0 Å². The molecule has 9 heteroatoms. The van der Waals surface area contributed by atoms with Crippen molar-refractivity contribution in [1.82, 2.24) is 5.32 Å². The van der Waals surface area contributed by atoms with Crippen LogP contribution in [0.3, 0.4) is 0 Å². The molecule has 0 heterocycles. The average molecular weight is 391 g/mol. The molecule has 0 bridgehead atoms. The first-order chi connectivity index (χ1) is 12.6. The zero-order valence-electron chi connectivity index (χ0n) is 14.5. The molecule has 2 N–H and O–H groups in total. The minimum absolute atomic E-state index is 0.0644. The van der Waals surface area contributed by atoms with Gasteiger partial charge in [0.2, 0.25) is 5.91 Å². The van der Waals surface area contributed by atoms with Gasteiger partial charge in [-0.15, -0.1) is 0 Å². The molecule has 2 aliphatic rings. The third-order valence-corrected chi connectivity index (χ3v) is 4.51. The quantitative estimate of drug-likeness (QED) is 0.635. The van der Waals surface area contributed by atoms with E-state index in [9.17, 15) is 27.5 Å². The van der Waals surface area contributed by atoms with Crippen LogP contribution in [0.15, 0.2) is 24.3 Å². The summed E-state index contributed by atoms with van der Waals surface area (Å²) in [6.45, 7) is -2.88. The number of carbonyl (C=O) groups excluding carboxylic acids is 1. The molecule has 1 atom stereocenters. The first-order valence-electron chi connectivity index (χ1n) is 8.70. The standard InChI is InChI=1S/C18H21F4NO4/c19-16(20)27-13-3-1-2-11(6-13)14(8-26-12-4-5-12)23-15(24)7-17(25)9-18(21,22)10-17/h1-3,6,12,14,16,25H,4-5,7-10H2,(H,23,24)/t14-/m0/s1. The van der Waals surface area contributed by atoms with Crippen LogP contribution < -0.4 is 10.1 Å². The second-order valence-corrected chi connectivity index (χ2v) is 7.21. The van der Waals surface area contributed by atoms with Gasteiger partial charge < -0.3 is 19.9 Å². The maximum Gasteiger partial charge on any atom is 0.387 e. The third kappa shape index (κ3) is 5.80. The Kier molecular flexibility index (Phi) is 5.62. The van der Waals surface area contributed by atoms with Crippen molar-refractivity contribution in [3.05, 3.63) is 29.8 Å². The highest BCUT2D eigenvalue weighted by molar-refractivity contribution is 5.77. The fraction of sp³-hybridized carbons (Fsp3) is 0.611. The summed E-state index contributed by atoms with van der Waals surface area (Å²) >= 11 is 0. The Morgan fingerprint density at radius 1 is 1.30 bits per heavy atom. The van der Waals surface area contributed by atoms with Crippen molar-refractivity contribution in [3.8, 4) is 5.75 Å². The van der Waals surface area contributed by atoms with Gasteiger partial charge in [-0.2, -0.15) is 8.78 Å². The lowest BCUT2D eigenvalue weighted by Crippen LogP contribution is -2.54. The number of benzene rings is 1. The van der Waals surface area contributed by atoms with Crippen LogP contribution in [0.1, 0.15) is 43.7 Å². The molecule has 3 rings (SSSR count). The Bertz CT molecular complexity index is 673. The lowest BCUT2D eigenvalue weighted by Gasteiger charge is -2.42. The molecule has 0 aliphatic heterocycles. The summed E-state index contributed by atoms with van der Waals surface area (Å²) in [7, 11) is 0. The molecule has 2 aliphatic carbocycles. The van der Waals surface area contributed by atoms with Crippen molar-refractivity contribution < 1.29 is 36.9 Å². The van der Waals surface area contributed by atoms with E-state index >= 15 is 0 Å². The predicted octanol–water partition coefficient (Wildman–Crippen LogP) is 3.17. The van der Waals surface area contributed by atoms with E-state index in [1.165, 1.54) is 18.2 Å². The van der Waals surface area contributed by atoms with Crippen LogP contribution in [0.4, 0.5) is 17.6 Å². The molecule has 27 heavy (non-hydrogen) atoms. The van der Waals surface area contributed by atoms with E-state index in [1.54, 1.807) is 6.07 Å². The summed E-state index contributed by atoms with van der Waals surface area (Å²) < 4.78 is 60.8. The van der Waals surface area contributed by atoms with Crippen LogP contribution in [-0.4, -0.2) is 41.9 Å². The highest BCUT2D eigenvalue weighted by atomic mass is 19.3. The summed E-state index contributed by atoms with van der Waals surface area (Å²) in [5, 5.41) is 12.6. The van der Waals surface area contributed by atoms with Crippen LogP contribution in [-0.2, 0) is 9.53 Å². The maximum absolute atomic E-state index is 13.0. The van der Waals surface area contributed by atoms with E-state index in [2.05, 4.69) is 10.1 Å². The zero-order valence-corrected chi connectivity index (χ0v) is 14.5. The minimum atomic E-state index is -2.98. The summed E-state index contributed by atoms with van der Waals surface area (Å²) in [5.74, 6) is -3.63. The molecule has 1 aromatic carbocycles. The fourth-order valence-electron chi connectivity index (χ4n) is 3.18. The highest BCUT2D eigenvalue weighted by Crippen LogP contribution is 2.47. The molecule has 2 fully saturated rings. The van der Waals surface area contributed by atoms with E-state index in [0.717, 1.165) is 12.8 Å². The highest BCUT2D eigenvalue weighted by Gasteiger charge is 2.56. The van der Waals surface area contributed by atoms with Gasteiger partial charge in [0.1, 0.15) is 5.75 Å². The summed E-state index contributed by atoms with van der Waals surface area (Å²) in [4.78, 5) is 12.2. The summed E-state index contributed by atoms with van der Waals surface area (Å²) in [6, 6.07) is 5.16. The van der Waals surface area contributed by atoms with Gasteiger partial charge in [0.25, 0.3) is 5.92 Å². The van der Waals surface area contributed by atoms with Crippen molar-refractivity contribution in [3.63, 3.8) is 0 Å². The maximum atomic E-state index is 13.0. The fourth-order valence-corrected chi connectivity index (χ4v) is 3.18. The normalized spacial score (nSPS) is 21.4. The Morgan fingerprint density at radius 3 is 2.59 bits per heavy atom. The van der Waals surface area contributed by atoms with Gasteiger partial charge in [0.05, 0.1) is 30.8 Å².